The van der Waals surface area contributed by atoms with Crippen molar-refractivity contribution >= 4 is 16.7 Å². The van der Waals surface area contributed by atoms with Gasteiger partial charge in [-0.2, -0.15) is 9.44 Å². The van der Waals surface area contributed by atoms with Gasteiger partial charge in [0, 0.05) is 50.8 Å². The van der Waals surface area contributed by atoms with Crippen molar-refractivity contribution in [3.63, 3.8) is 0 Å². The fraction of sp³-hybridized carbons (Fsp3) is 0.833. The van der Waals surface area contributed by atoms with Crippen molar-refractivity contribution in [2.24, 2.45) is 0 Å². The monoisotopic (exact) mass is 284 g/mol. The van der Waals surface area contributed by atoms with Gasteiger partial charge in [0.2, 0.25) is 5.13 Å². The minimum absolute atomic E-state index is 0.459. The summed E-state index contributed by atoms with van der Waals surface area (Å²) >= 11 is 1.51. The second-order valence-electron chi connectivity index (χ2n) is 5.11. The zero-order chi connectivity index (χ0) is 13.2. The molecule has 0 saturated carbocycles. The van der Waals surface area contributed by atoms with Crippen molar-refractivity contribution in [1.29, 1.82) is 0 Å². The third kappa shape index (κ3) is 2.74. The number of nitrogens with zero attached hydrogens (tertiary/aromatic N) is 4. The molecule has 2 fully saturated rings. The van der Waals surface area contributed by atoms with E-state index in [0.29, 0.717) is 12.0 Å². The summed E-state index contributed by atoms with van der Waals surface area (Å²) in [7, 11) is 3.67. The fourth-order valence-corrected chi connectivity index (χ4v) is 3.23. The number of aromatic nitrogens is 2. The molecule has 106 valence electrons. The largest absolute Gasteiger partial charge is 0.381 e. The van der Waals surface area contributed by atoms with Crippen LogP contribution in [0.2, 0.25) is 0 Å². The second kappa shape index (κ2) is 5.70. The molecule has 0 spiro atoms. The molecule has 0 radical (unpaired) electrons. The Bertz CT molecular complexity index is 416. The van der Waals surface area contributed by atoms with Crippen LogP contribution in [0.4, 0.5) is 5.13 Å². The van der Waals surface area contributed by atoms with E-state index in [4.69, 9.17) is 14.6 Å². The third-order valence-corrected chi connectivity index (χ3v) is 4.74. The van der Waals surface area contributed by atoms with Crippen LogP contribution in [0.5, 0.6) is 0 Å². The molecule has 19 heavy (non-hydrogen) atoms. The lowest BCUT2D eigenvalue weighted by molar-refractivity contribution is -0.146. The molecule has 7 heteroatoms. The maximum atomic E-state index is 5.38. The van der Waals surface area contributed by atoms with Crippen molar-refractivity contribution < 1.29 is 9.57 Å². The topological polar surface area (TPSA) is 50.7 Å². The summed E-state index contributed by atoms with van der Waals surface area (Å²) in [6.07, 6.45) is 2.09. The number of anilines is 1. The van der Waals surface area contributed by atoms with E-state index in [1.165, 1.54) is 11.5 Å². The number of hydrogen-bond acceptors (Lipinski definition) is 7. The first-order valence-electron chi connectivity index (χ1n) is 6.71. The lowest BCUT2D eigenvalue weighted by atomic mass is 10.00. The van der Waals surface area contributed by atoms with Gasteiger partial charge in [-0.15, -0.1) is 0 Å². The molecule has 1 aromatic heterocycles. The molecule has 0 aliphatic carbocycles. The molecule has 1 aromatic rings. The van der Waals surface area contributed by atoms with Gasteiger partial charge in [-0.3, -0.25) is 0 Å². The van der Waals surface area contributed by atoms with Gasteiger partial charge in [0.1, 0.15) is 5.82 Å². The average Bonchev–Trinajstić information content (AvgIpc) is 2.87. The molecular weight excluding hydrogens is 264 g/mol. The average molecular weight is 284 g/mol. The van der Waals surface area contributed by atoms with Crippen molar-refractivity contribution in [2.75, 3.05) is 45.4 Å². The molecular formula is C12H20N4O2S. The van der Waals surface area contributed by atoms with Crippen LogP contribution < -0.4 is 4.90 Å². The SMILES string of the molecule is CON(C)C1CN(c2nc(C3CCOCC3)ns2)C1. The van der Waals surface area contributed by atoms with Crippen LogP contribution in [-0.4, -0.2) is 60.9 Å². The first kappa shape index (κ1) is 13.2. The zero-order valence-corrected chi connectivity index (χ0v) is 12.2. The minimum Gasteiger partial charge on any atom is -0.381 e. The molecule has 2 aliphatic heterocycles. The van der Waals surface area contributed by atoms with Gasteiger partial charge in [-0.1, -0.05) is 0 Å². The Morgan fingerprint density at radius 1 is 1.37 bits per heavy atom. The summed E-state index contributed by atoms with van der Waals surface area (Å²) < 4.78 is 9.90. The maximum absolute atomic E-state index is 5.38. The normalized spacial score (nSPS) is 21.9. The Balaban J connectivity index is 1.57. The standard InChI is InChI=1S/C12H20N4O2S/c1-15(17-2)10-7-16(8-10)12-13-11(14-19-12)9-3-5-18-6-4-9/h9-10H,3-8H2,1-2H3. The smallest absolute Gasteiger partial charge is 0.205 e. The summed E-state index contributed by atoms with van der Waals surface area (Å²) in [5.74, 6) is 1.49. The zero-order valence-electron chi connectivity index (χ0n) is 11.4. The Morgan fingerprint density at radius 2 is 2.11 bits per heavy atom. The first-order valence-corrected chi connectivity index (χ1v) is 7.48. The Kier molecular flexibility index (Phi) is 3.97. The van der Waals surface area contributed by atoms with Gasteiger partial charge in [0.05, 0.1) is 13.2 Å². The van der Waals surface area contributed by atoms with E-state index in [1.54, 1.807) is 7.11 Å². The molecule has 2 aliphatic rings. The lowest BCUT2D eigenvalue weighted by Crippen LogP contribution is -2.58. The van der Waals surface area contributed by atoms with E-state index in [-0.39, 0.29) is 0 Å². The number of ether oxygens (including phenoxy) is 1. The summed E-state index contributed by atoms with van der Waals surface area (Å²) in [6, 6.07) is 0.459. The first-order chi connectivity index (χ1) is 9.28. The highest BCUT2D eigenvalue weighted by molar-refractivity contribution is 7.09. The molecule has 3 rings (SSSR count). The van der Waals surface area contributed by atoms with Crippen LogP contribution in [0.25, 0.3) is 0 Å². The van der Waals surface area contributed by atoms with Gasteiger partial charge >= 0.3 is 0 Å². The van der Waals surface area contributed by atoms with E-state index >= 15 is 0 Å². The van der Waals surface area contributed by atoms with Crippen molar-refractivity contribution in [3.05, 3.63) is 5.82 Å². The van der Waals surface area contributed by atoms with Crippen LogP contribution >= 0.6 is 11.5 Å². The quantitative estimate of drug-likeness (QED) is 0.772. The van der Waals surface area contributed by atoms with E-state index in [1.807, 2.05) is 12.1 Å². The van der Waals surface area contributed by atoms with Crippen molar-refractivity contribution in [2.45, 2.75) is 24.8 Å². The highest BCUT2D eigenvalue weighted by atomic mass is 32.1. The number of hydrogen-bond donors (Lipinski definition) is 0. The Labute approximate surface area is 117 Å². The van der Waals surface area contributed by atoms with E-state index < -0.39 is 0 Å². The fourth-order valence-electron chi connectivity index (χ4n) is 2.47. The second-order valence-corrected chi connectivity index (χ2v) is 5.84. The van der Waals surface area contributed by atoms with Crippen LogP contribution in [0.1, 0.15) is 24.6 Å². The van der Waals surface area contributed by atoms with Gasteiger partial charge in [-0.25, -0.2) is 4.98 Å². The van der Waals surface area contributed by atoms with Crippen molar-refractivity contribution in [1.82, 2.24) is 14.4 Å². The van der Waals surface area contributed by atoms with Crippen LogP contribution in [-0.2, 0) is 9.57 Å². The number of rotatable bonds is 4. The highest BCUT2D eigenvalue weighted by Gasteiger charge is 2.33. The van der Waals surface area contributed by atoms with E-state index in [0.717, 1.165) is 50.1 Å². The van der Waals surface area contributed by atoms with Gasteiger partial charge in [0.25, 0.3) is 0 Å². The maximum Gasteiger partial charge on any atom is 0.205 e. The molecule has 0 atom stereocenters. The van der Waals surface area contributed by atoms with Gasteiger partial charge in [-0.05, 0) is 12.8 Å². The summed E-state index contributed by atoms with van der Waals surface area (Å²) in [6.45, 7) is 3.60. The number of hydroxylamine groups is 2. The molecule has 0 unspecified atom stereocenters. The molecule has 6 nitrogen and oxygen atoms in total. The molecule has 0 bridgehead atoms. The Morgan fingerprint density at radius 3 is 2.79 bits per heavy atom. The predicted octanol–water partition coefficient (Wildman–Crippen LogP) is 1.11. The predicted molar refractivity (Wildman–Crippen MR) is 73.5 cm³/mol. The molecule has 3 heterocycles. The summed E-state index contributed by atoms with van der Waals surface area (Å²) in [4.78, 5) is 12.2. The minimum atomic E-state index is 0.459. The van der Waals surface area contributed by atoms with Gasteiger partial charge < -0.3 is 14.5 Å². The van der Waals surface area contributed by atoms with Crippen molar-refractivity contribution in [3.8, 4) is 0 Å². The van der Waals surface area contributed by atoms with E-state index in [2.05, 4.69) is 9.27 Å². The molecule has 0 N–H and O–H groups in total. The molecule has 0 amide bonds. The summed E-state index contributed by atoms with van der Waals surface area (Å²) in [5, 5.41) is 2.94. The van der Waals surface area contributed by atoms with Crippen LogP contribution in [0, 0.1) is 0 Å². The number of likely N-dealkylation sites (N-methyl/N-ethyl adjacent to an activating group) is 1. The molecule has 2 saturated heterocycles. The van der Waals surface area contributed by atoms with Crippen LogP contribution in [0.3, 0.4) is 0 Å². The van der Waals surface area contributed by atoms with Gasteiger partial charge in [0.15, 0.2) is 0 Å². The lowest BCUT2D eigenvalue weighted by Gasteiger charge is -2.42. The molecule has 0 aromatic carbocycles. The van der Waals surface area contributed by atoms with E-state index in [9.17, 15) is 0 Å². The summed E-state index contributed by atoms with van der Waals surface area (Å²) in [5.41, 5.74) is 0. The van der Waals surface area contributed by atoms with Crippen LogP contribution in [0.15, 0.2) is 0 Å². The Hall–Kier alpha value is -0.760. The third-order valence-electron chi connectivity index (χ3n) is 3.95. The highest BCUT2D eigenvalue weighted by Crippen LogP contribution is 2.30.